The van der Waals surface area contributed by atoms with Gasteiger partial charge >= 0.3 is 0 Å². The maximum atomic E-state index is 12.2. The molecule has 1 aromatic heterocycles. The first-order valence-electron chi connectivity index (χ1n) is 7.88. The number of benzene rings is 2. The Bertz CT molecular complexity index is 919. The van der Waals surface area contributed by atoms with Crippen LogP contribution >= 0.6 is 0 Å². The first kappa shape index (κ1) is 16.4. The summed E-state index contributed by atoms with van der Waals surface area (Å²) >= 11 is 0. The van der Waals surface area contributed by atoms with Gasteiger partial charge in [-0.05, 0) is 49.4 Å². The topological polar surface area (TPSA) is 73.2 Å². The molecule has 25 heavy (non-hydrogen) atoms. The SMILES string of the molecule is CCn1nc(C(=O)Nc2ccc(Oc3ccccc3)cc2)ccc1=O. The van der Waals surface area contributed by atoms with Crippen molar-refractivity contribution in [1.29, 1.82) is 0 Å². The van der Waals surface area contributed by atoms with Gasteiger partial charge in [0.25, 0.3) is 11.5 Å². The fourth-order valence-corrected chi connectivity index (χ4v) is 2.22. The van der Waals surface area contributed by atoms with Crippen LogP contribution in [0.4, 0.5) is 5.69 Å². The van der Waals surface area contributed by atoms with Crippen molar-refractivity contribution in [3.05, 3.63) is 82.8 Å². The molecule has 3 aromatic rings. The molecule has 0 saturated heterocycles. The zero-order chi connectivity index (χ0) is 17.6. The van der Waals surface area contributed by atoms with Crippen molar-refractivity contribution in [2.24, 2.45) is 0 Å². The van der Waals surface area contributed by atoms with Crippen molar-refractivity contribution in [2.45, 2.75) is 13.5 Å². The minimum atomic E-state index is -0.376. The van der Waals surface area contributed by atoms with Crippen molar-refractivity contribution >= 4 is 11.6 Å². The van der Waals surface area contributed by atoms with Crippen LogP contribution < -0.4 is 15.6 Å². The number of aryl methyl sites for hydroxylation is 1. The molecule has 1 heterocycles. The summed E-state index contributed by atoms with van der Waals surface area (Å²) in [5.74, 6) is 1.03. The Morgan fingerprint density at radius 3 is 2.36 bits per heavy atom. The van der Waals surface area contributed by atoms with Gasteiger partial charge in [-0.15, -0.1) is 0 Å². The number of hydrogen-bond donors (Lipinski definition) is 1. The molecule has 0 unspecified atom stereocenters. The van der Waals surface area contributed by atoms with E-state index in [-0.39, 0.29) is 17.2 Å². The van der Waals surface area contributed by atoms with Crippen molar-refractivity contribution in [3.8, 4) is 11.5 Å². The summed E-state index contributed by atoms with van der Waals surface area (Å²) < 4.78 is 6.95. The van der Waals surface area contributed by atoms with E-state index < -0.39 is 0 Å². The molecule has 6 nitrogen and oxygen atoms in total. The van der Waals surface area contributed by atoms with Gasteiger partial charge in [-0.3, -0.25) is 9.59 Å². The molecule has 1 N–H and O–H groups in total. The lowest BCUT2D eigenvalue weighted by Crippen LogP contribution is -2.25. The van der Waals surface area contributed by atoms with Crippen LogP contribution in [0.1, 0.15) is 17.4 Å². The van der Waals surface area contributed by atoms with Gasteiger partial charge in [0.1, 0.15) is 17.2 Å². The molecule has 0 radical (unpaired) electrons. The molecule has 0 bridgehead atoms. The second-order valence-corrected chi connectivity index (χ2v) is 5.27. The molecule has 1 amide bonds. The lowest BCUT2D eigenvalue weighted by molar-refractivity contribution is 0.102. The molecule has 3 rings (SSSR count). The Morgan fingerprint density at radius 1 is 1.00 bits per heavy atom. The van der Waals surface area contributed by atoms with Crippen LogP contribution in [0.15, 0.2) is 71.5 Å². The number of nitrogens with one attached hydrogen (secondary N) is 1. The maximum Gasteiger partial charge on any atom is 0.276 e. The third kappa shape index (κ3) is 4.11. The van der Waals surface area contributed by atoms with Crippen LogP contribution in [0.2, 0.25) is 0 Å². The summed E-state index contributed by atoms with van der Waals surface area (Å²) in [6, 6.07) is 19.2. The number of nitrogens with zero attached hydrogens (tertiary/aromatic N) is 2. The number of amides is 1. The Kier molecular flexibility index (Phi) is 4.89. The Morgan fingerprint density at radius 2 is 1.68 bits per heavy atom. The molecular weight excluding hydrogens is 318 g/mol. The molecule has 0 atom stereocenters. The first-order valence-corrected chi connectivity index (χ1v) is 7.88. The van der Waals surface area contributed by atoms with Crippen molar-refractivity contribution in [3.63, 3.8) is 0 Å². The van der Waals surface area contributed by atoms with E-state index in [4.69, 9.17) is 4.74 Å². The molecule has 0 saturated carbocycles. The Hall–Kier alpha value is -3.41. The smallest absolute Gasteiger partial charge is 0.276 e. The molecule has 0 spiro atoms. The van der Waals surface area contributed by atoms with Gasteiger partial charge in [0, 0.05) is 18.3 Å². The average Bonchev–Trinajstić information content (AvgIpc) is 2.64. The summed E-state index contributed by atoms with van der Waals surface area (Å²) in [4.78, 5) is 23.8. The summed E-state index contributed by atoms with van der Waals surface area (Å²) in [7, 11) is 0. The lowest BCUT2D eigenvalue weighted by atomic mass is 10.2. The zero-order valence-corrected chi connectivity index (χ0v) is 13.7. The number of rotatable bonds is 5. The molecule has 6 heteroatoms. The molecule has 126 valence electrons. The standard InChI is InChI=1S/C19H17N3O3/c1-2-22-18(23)13-12-17(21-22)19(24)20-14-8-10-16(11-9-14)25-15-6-4-3-5-7-15/h3-13H,2H2,1H3,(H,20,24). The van der Waals surface area contributed by atoms with E-state index in [0.29, 0.717) is 18.0 Å². The van der Waals surface area contributed by atoms with Gasteiger partial charge in [-0.25, -0.2) is 4.68 Å². The van der Waals surface area contributed by atoms with Gasteiger partial charge in [-0.2, -0.15) is 5.10 Å². The number of carbonyl (C=O) groups excluding carboxylic acids is 1. The number of hydrogen-bond acceptors (Lipinski definition) is 4. The highest BCUT2D eigenvalue weighted by atomic mass is 16.5. The number of aromatic nitrogens is 2. The third-order valence-corrected chi connectivity index (χ3v) is 3.49. The second-order valence-electron chi connectivity index (χ2n) is 5.27. The van der Waals surface area contributed by atoms with Crippen LogP contribution in [0.25, 0.3) is 0 Å². The van der Waals surface area contributed by atoms with Gasteiger partial charge < -0.3 is 10.1 Å². The van der Waals surface area contributed by atoms with Gasteiger partial charge in [-0.1, -0.05) is 18.2 Å². The Balaban J connectivity index is 1.69. The van der Waals surface area contributed by atoms with E-state index in [1.807, 2.05) is 30.3 Å². The molecule has 0 fully saturated rings. The molecule has 0 aliphatic rings. The van der Waals surface area contributed by atoms with Crippen LogP contribution in [-0.2, 0) is 6.54 Å². The molecule has 0 aliphatic carbocycles. The highest BCUT2D eigenvalue weighted by molar-refractivity contribution is 6.02. The maximum absolute atomic E-state index is 12.2. The van der Waals surface area contributed by atoms with Crippen molar-refractivity contribution in [1.82, 2.24) is 9.78 Å². The van der Waals surface area contributed by atoms with E-state index in [1.165, 1.54) is 16.8 Å². The molecule has 2 aromatic carbocycles. The largest absolute Gasteiger partial charge is 0.457 e. The average molecular weight is 335 g/mol. The van der Waals surface area contributed by atoms with Crippen LogP contribution in [-0.4, -0.2) is 15.7 Å². The summed E-state index contributed by atoms with van der Waals surface area (Å²) in [6.07, 6.45) is 0. The summed E-state index contributed by atoms with van der Waals surface area (Å²) in [5, 5.41) is 6.78. The minimum absolute atomic E-state index is 0.186. The Labute approximate surface area is 144 Å². The number of carbonyl (C=O) groups is 1. The van der Waals surface area contributed by atoms with E-state index >= 15 is 0 Å². The number of anilines is 1. The van der Waals surface area contributed by atoms with Crippen molar-refractivity contribution in [2.75, 3.05) is 5.32 Å². The predicted octanol–water partition coefficient (Wildman–Crippen LogP) is 3.31. The van der Waals surface area contributed by atoms with E-state index in [0.717, 1.165) is 5.75 Å². The predicted molar refractivity (Wildman–Crippen MR) is 95.1 cm³/mol. The number of ether oxygens (including phenoxy) is 1. The van der Waals surface area contributed by atoms with E-state index in [1.54, 1.807) is 31.2 Å². The van der Waals surface area contributed by atoms with Crippen LogP contribution in [0.3, 0.4) is 0 Å². The normalized spacial score (nSPS) is 10.3. The quantitative estimate of drug-likeness (QED) is 0.776. The monoisotopic (exact) mass is 335 g/mol. The van der Waals surface area contributed by atoms with E-state index in [2.05, 4.69) is 10.4 Å². The van der Waals surface area contributed by atoms with Crippen molar-refractivity contribution < 1.29 is 9.53 Å². The summed E-state index contributed by atoms with van der Waals surface area (Å²) in [5.41, 5.74) is 0.564. The second kappa shape index (κ2) is 7.44. The van der Waals surface area contributed by atoms with Gasteiger partial charge in [0.2, 0.25) is 0 Å². The van der Waals surface area contributed by atoms with Gasteiger partial charge in [0.15, 0.2) is 0 Å². The third-order valence-electron chi connectivity index (χ3n) is 3.49. The molecule has 0 aliphatic heterocycles. The fourth-order valence-electron chi connectivity index (χ4n) is 2.22. The first-order chi connectivity index (χ1) is 12.2. The summed E-state index contributed by atoms with van der Waals surface area (Å²) in [6.45, 7) is 2.20. The number of para-hydroxylation sites is 1. The fraction of sp³-hybridized carbons (Fsp3) is 0.105. The highest BCUT2D eigenvalue weighted by Crippen LogP contribution is 2.22. The highest BCUT2D eigenvalue weighted by Gasteiger charge is 2.09. The minimum Gasteiger partial charge on any atom is -0.457 e. The van der Waals surface area contributed by atoms with Crippen LogP contribution in [0, 0.1) is 0 Å². The van der Waals surface area contributed by atoms with E-state index in [9.17, 15) is 9.59 Å². The molecular formula is C19H17N3O3. The van der Waals surface area contributed by atoms with Gasteiger partial charge in [0.05, 0.1) is 0 Å². The van der Waals surface area contributed by atoms with Crippen LogP contribution in [0.5, 0.6) is 11.5 Å². The zero-order valence-electron chi connectivity index (χ0n) is 13.7. The lowest BCUT2D eigenvalue weighted by Gasteiger charge is -2.08.